The minimum atomic E-state index is -4.53. The molecule has 0 bridgehead atoms. The predicted molar refractivity (Wildman–Crippen MR) is 195 cm³/mol. The summed E-state index contributed by atoms with van der Waals surface area (Å²) >= 11 is 0. The van der Waals surface area contributed by atoms with E-state index in [2.05, 4.69) is 10.0 Å². The van der Waals surface area contributed by atoms with E-state index in [4.69, 9.17) is 18.5 Å². The van der Waals surface area contributed by atoms with E-state index in [9.17, 15) is 26.4 Å². The molecule has 52 heavy (non-hydrogen) atoms. The zero-order valence-electron chi connectivity index (χ0n) is 29.9. The van der Waals surface area contributed by atoms with Gasteiger partial charge in [-0.3, -0.25) is 9.52 Å². The minimum absolute atomic E-state index is 0.0755. The maximum Gasteiger partial charge on any atom is 0.458 e. The molecule has 2 aliphatic rings. The van der Waals surface area contributed by atoms with E-state index < -0.39 is 46.0 Å². The van der Waals surface area contributed by atoms with Crippen molar-refractivity contribution in [2.75, 3.05) is 24.1 Å². The third-order valence-electron chi connectivity index (χ3n) is 10.2. The van der Waals surface area contributed by atoms with Crippen LogP contribution in [0.25, 0.3) is 22.3 Å². The second-order valence-electron chi connectivity index (χ2n) is 14.7. The van der Waals surface area contributed by atoms with E-state index in [0.717, 1.165) is 36.1 Å². The molecular weight excluding hydrogens is 696 g/mol. The van der Waals surface area contributed by atoms with Crippen LogP contribution in [-0.2, 0) is 36.9 Å². The summed E-state index contributed by atoms with van der Waals surface area (Å²) in [5.41, 5.74) is 0.840. The van der Waals surface area contributed by atoms with E-state index in [0.29, 0.717) is 30.6 Å². The molecule has 1 unspecified atom stereocenters. The molecule has 1 aliphatic heterocycles. The Bertz CT molecular complexity index is 2000. The van der Waals surface area contributed by atoms with Crippen LogP contribution in [0.3, 0.4) is 0 Å². The molecule has 1 aromatic heterocycles. The van der Waals surface area contributed by atoms with E-state index in [1.807, 2.05) is 58.0 Å². The number of hydrogen-bond donors (Lipinski definition) is 2. The zero-order chi connectivity index (χ0) is 37.5. The van der Waals surface area contributed by atoms with Crippen LogP contribution in [0.15, 0.2) is 71.1 Å². The lowest BCUT2D eigenvalue weighted by Crippen LogP contribution is -2.41. The Hall–Kier alpha value is -3.85. The van der Waals surface area contributed by atoms with Gasteiger partial charge in [0.1, 0.15) is 11.3 Å². The van der Waals surface area contributed by atoms with Crippen LogP contribution in [0.5, 0.6) is 0 Å². The molecular formula is C38H44BF3N2O7S. The summed E-state index contributed by atoms with van der Waals surface area (Å²) < 4.78 is 94.7. The highest BCUT2D eigenvalue weighted by Gasteiger charge is 2.51. The Balaban J connectivity index is 1.24. The molecule has 2 N–H and O–H groups in total. The van der Waals surface area contributed by atoms with Crippen molar-refractivity contribution in [2.24, 2.45) is 5.92 Å². The number of alkyl halides is 3. The number of sulfonamides is 1. The van der Waals surface area contributed by atoms with Crippen LogP contribution in [0.1, 0.15) is 79.9 Å². The first kappa shape index (κ1) is 37.9. The predicted octanol–water partition coefficient (Wildman–Crippen LogP) is 8.41. The molecule has 278 valence electrons. The van der Waals surface area contributed by atoms with Crippen LogP contribution in [-0.4, -0.2) is 52.1 Å². The monoisotopic (exact) mass is 740 g/mol. The van der Waals surface area contributed by atoms with Crippen molar-refractivity contribution in [3.8, 4) is 11.3 Å². The number of nitrogens with one attached hydrogen (secondary N) is 2. The van der Waals surface area contributed by atoms with E-state index >= 15 is 0 Å². The highest BCUT2D eigenvalue weighted by molar-refractivity contribution is 7.92. The topological polar surface area (TPSA) is 116 Å². The molecule has 2 heterocycles. The van der Waals surface area contributed by atoms with Gasteiger partial charge in [-0.1, -0.05) is 42.5 Å². The number of rotatable bonds is 14. The molecule has 0 spiro atoms. The van der Waals surface area contributed by atoms with E-state index in [1.54, 1.807) is 12.1 Å². The number of hydrogen-bond acceptors (Lipinski definition) is 7. The normalized spacial score (nSPS) is 17.7. The molecule has 2 fully saturated rings. The van der Waals surface area contributed by atoms with Crippen molar-refractivity contribution < 1.29 is 44.8 Å². The fourth-order valence-corrected chi connectivity index (χ4v) is 7.66. The van der Waals surface area contributed by atoms with Crippen LogP contribution in [0, 0.1) is 5.92 Å². The molecule has 14 heteroatoms. The van der Waals surface area contributed by atoms with Gasteiger partial charge >= 0.3 is 13.3 Å². The summed E-state index contributed by atoms with van der Waals surface area (Å²) in [6.45, 7) is 8.57. The lowest BCUT2D eigenvalue weighted by molar-refractivity contribution is -0.137. The Morgan fingerprint density at radius 3 is 2.25 bits per heavy atom. The highest BCUT2D eigenvalue weighted by atomic mass is 32.2. The largest absolute Gasteiger partial charge is 0.458 e. The molecule has 1 aliphatic carbocycles. The molecule has 0 radical (unpaired) electrons. The molecule has 1 atom stereocenters. The molecule has 1 saturated heterocycles. The number of anilines is 1. The highest BCUT2D eigenvalue weighted by Crippen LogP contribution is 2.47. The van der Waals surface area contributed by atoms with Gasteiger partial charge in [0, 0.05) is 30.7 Å². The minimum Gasteiger partial charge on any atom is -0.455 e. The van der Waals surface area contributed by atoms with Gasteiger partial charge in [-0.2, -0.15) is 13.2 Å². The summed E-state index contributed by atoms with van der Waals surface area (Å²) in [6.07, 6.45) is -2.13. The van der Waals surface area contributed by atoms with Gasteiger partial charge in [0.15, 0.2) is 0 Å². The Labute approximate surface area is 302 Å². The lowest BCUT2D eigenvalue weighted by atomic mass is 9.76. The number of amides is 1. The number of halogens is 3. The molecule has 4 aromatic rings. The van der Waals surface area contributed by atoms with Gasteiger partial charge in [-0.05, 0) is 94.4 Å². The van der Waals surface area contributed by atoms with Crippen molar-refractivity contribution >= 4 is 39.7 Å². The molecule has 3 aromatic carbocycles. The number of benzene rings is 3. The number of carbonyl (C=O) groups excluding carboxylic acids is 1. The summed E-state index contributed by atoms with van der Waals surface area (Å²) in [4.78, 5) is 13.1. The third kappa shape index (κ3) is 8.51. The average molecular weight is 741 g/mol. The van der Waals surface area contributed by atoms with Gasteiger partial charge in [0.05, 0.1) is 40.4 Å². The SMILES string of the molecule is CNC(=O)c1c(-c2ccc(C(F)(F)F)cc2)oc2cc(NS(=O)(=O)CCC(COCc3ccccc3)CB3OC(C)(C)C(C)(C)O3)c(C3CC3)cc12. The fraction of sp³-hybridized carbons (Fsp3) is 0.447. The maximum absolute atomic E-state index is 13.7. The first-order valence-corrected chi connectivity index (χ1v) is 19.1. The molecule has 1 saturated carbocycles. The maximum atomic E-state index is 13.7. The van der Waals surface area contributed by atoms with Crippen molar-refractivity contribution in [1.82, 2.24) is 5.32 Å². The Kier molecular flexibility index (Phi) is 10.6. The van der Waals surface area contributed by atoms with Crippen LogP contribution in [0.4, 0.5) is 18.9 Å². The molecule has 9 nitrogen and oxygen atoms in total. The number of fused-ring (bicyclic) bond motifs is 1. The van der Waals surface area contributed by atoms with Gasteiger partial charge in [-0.25, -0.2) is 8.42 Å². The number of furan rings is 1. The first-order valence-electron chi connectivity index (χ1n) is 17.4. The van der Waals surface area contributed by atoms with Crippen molar-refractivity contribution in [1.29, 1.82) is 0 Å². The first-order chi connectivity index (χ1) is 24.5. The van der Waals surface area contributed by atoms with E-state index in [-0.39, 0.29) is 46.5 Å². The standard InChI is InChI=1S/C38H44BF3N2O7S/c1-36(2)37(3,4)51-39(50-36)21-25(23-48-22-24-9-7-6-8-10-24)17-18-52(46,47)44-31-20-32-30(19-29(31)26-11-12-26)33(35(45)43-5)34(49-32)27-13-15-28(16-14-27)38(40,41)42/h6-10,13-16,19-20,25-26,44H,11-12,17-18,21-23H2,1-5H3,(H,43,45). The molecule has 6 rings (SSSR count). The fourth-order valence-electron chi connectivity index (χ4n) is 6.41. The second-order valence-corrected chi connectivity index (χ2v) is 16.5. The van der Waals surface area contributed by atoms with Gasteiger partial charge in [0.25, 0.3) is 5.91 Å². The Morgan fingerprint density at radius 1 is 1.00 bits per heavy atom. The Morgan fingerprint density at radius 2 is 1.65 bits per heavy atom. The van der Waals surface area contributed by atoms with Gasteiger partial charge in [-0.15, -0.1) is 0 Å². The van der Waals surface area contributed by atoms with Crippen LogP contribution >= 0.6 is 0 Å². The lowest BCUT2D eigenvalue weighted by Gasteiger charge is -2.32. The number of ether oxygens (including phenoxy) is 1. The smallest absolute Gasteiger partial charge is 0.455 e. The zero-order valence-corrected chi connectivity index (χ0v) is 30.7. The second kappa shape index (κ2) is 14.5. The van der Waals surface area contributed by atoms with Crippen molar-refractivity contribution in [3.05, 3.63) is 89.0 Å². The average Bonchev–Trinajstić information content (AvgIpc) is 3.82. The summed E-state index contributed by atoms with van der Waals surface area (Å²) in [7, 11) is -2.97. The molecule has 1 amide bonds. The summed E-state index contributed by atoms with van der Waals surface area (Å²) in [5.74, 6) is -0.720. The van der Waals surface area contributed by atoms with Gasteiger partial charge in [0.2, 0.25) is 10.0 Å². The number of carbonyl (C=O) groups is 1. The van der Waals surface area contributed by atoms with Crippen LogP contribution in [0.2, 0.25) is 6.32 Å². The van der Waals surface area contributed by atoms with Crippen molar-refractivity contribution in [2.45, 2.75) is 83.2 Å². The van der Waals surface area contributed by atoms with Gasteiger partial charge < -0.3 is 23.8 Å². The summed E-state index contributed by atoms with van der Waals surface area (Å²) in [6, 6.07) is 17.4. The summed E-state index contributed by atoms with van der Waals surface area (Å²) in [5, 5.41) is 3.03. The quantitative estimate of drug-likeness (QED) is 0.125. The van der Waals surface area contributed by atoms with Crippen molar-refractivity contribution in [3.63, 3.8) is 0 Å². The van der Waals surface area contributed by atoms with Crippen LogP contribution < -0.4 is 10.0 Å². The third-order valence-corrected chi connectivity index (χ3v) is 11.5. The van der Waals surface area contributed by atoms with E-state index in [1.165, 1.54) is 19.2 Å².